The summed E-state index contributed by atoms with van der Waals surface area (Å²) >= 11 is 0. The largest absolute Gasteiger partial charge is 0.354 e. The van der Waals surface area contributed by atoms with Gasteiger partial charge in [-0.3, -0.25) is 14.4 Å². The maximum Gasteiger partial charge on any atom is 0.253 e. The van der Waals surface area contributed by atoms with Gasteiger partial charge in [-0.25, -0.2) is 4.39 Å². The second-order valence-corrected chi connectivity index (χ2v) is 6.50. The first-order valence-electron chi connectivity index (χ1n) is 8.65. The van der Waals surface area contributed by atoms with E-state index < -0.39 is 0 Å². The van der Waals surface area contributed by atoms with E-state index in [1.54, 1.807) is 9.80 Å². The van der Waals surface area contributed by atoms with Gasteiger partial charge in [0.25, 0.3) is 5.91 Å². The molecule has 0 aliphatic carbocycles. The van der Waals surface area contributed by atoms with Crippen molar-refractivity contribution in [2.24, 2.45) is 5.92 Å². The molecular formula is C18H22FN3O3. The molecule has 25 heavy (non-hydrogen) atoms. The Morgan fingerprint density at radius 1 is 1.00 bits per heavy atom. The molecular weight excluding hydrogens is 325 g/mol. The number of hydrogen-bond donors (Lipinski definition) is 1. The topological polar surface area (TPSA) is 69.7 Å². The zero-order chi connectivity index (χ0) is 17.8. The van der Waals surface area contributed by atoms with Gasteiger partial charge in [0.2, 0.25) is 11.8 Å². The van der Waals surface area contributed by atoms with Crippen LogP contribution in [-0.4, -0.2) is 60.2 Å². The van der Waals surface area contributed by atoms with Crippen molar-refractivity contribution in [1.82, 2.24) is 15.1 Å². The number of piperidine rings is 1. The number of nitrogens with one attached hydrogen (secondary N) is 1. The van der Waals surface area contributed by atoms with E-state index in [0.717, 1.165) is 0 Å². The molecule has 0 spiro atoms. The first-order chi connectivity index (χ1) is 12.0. The van der Waals surface area contributed by atoms with Crippen LogP contribution in [0.1, 0.15) is 29.6 Å². The van der Waals surface area contributed by atoms with Crippen molar-refractivity contribution in [3.63, 3.8) is 0 Å². The second kappa shape index (κ2) is 7.63. The molecule has 0 atom stereocenters. The van der Waals surface area contributed by atoms with Gasteiger partial charge in [-0.1, -0.05) is 0 Å². The molecule has 2 saturated heterocycles. The van der Waals surface area contributed by atoms with Gasteiger partial charge >= 0.3 is 0 Å². The van der Waals surface area contributed by atoms with Gasteiger partial charge in [-0.15, -0.1) is 0 Å². The van der Waals surface area contributed by atoms with Crippen LogP contribution >= 0.6 is 0 Å². The highest BCUT2D eigenvalue weighted by Crippen LogP contribution is 2.22. The molecule has 1 aromatic rings. The normalized spacial score (nSPS) is 19.3. The highest BCUT2D eigenvalue weighted by Gasteiger charge is 2.31. The van der Waals surface area contributed by atoms with Gasteiger partial charge in [-0.05, 0) is 37.1 Å². The summed E-state index contributed by atoms with van der Waals surface area (Å²) in [6.07, 6.45) is 1.57. The Morgan fingerprint density at radius 2 is 1.68 bits per heavy atom. The Balaban J connectivity index is 1.54. The molecule has 3 rings (SSSR count). The molecule has 2 heterocycles. The smallest absolute Gasteiger partial charge is 0.253 e. The fraction of sp³-hybridized carbons (Fsp3) is 0.500. The average molecular weight is 347 g/mol. The summed E-state index contributed by atoms with van der Waals surface area (Å²) < 4.78 is 13.0. The highest BCUT2D eigenvalue weighted by molar-refractivity contribution is 5.94. The van der Waals surface area contributed by atoms with Crippen LogP contribution in [0.4, 0.5) is 4.39 Å². The maximum atomic E-state index is 13.0. The molecule has 0 saturated carbocycles. The molecule has 3 amide bonds. The number of hydrogen-bond acceptors (Lipinski definition) is 3. The Bertz CT molecular complexity index is 654. The molecule has 134 valence electrons. The van der Waals surface area contributed by atoms with Crippen molar-refractivity contribution < 1.29 is 18.8 Å². The van der Waals surface area contributed by atoms with Gasteiger partial charge < -0.3 is 15.1 Å². The van der Waals surface area contributed by atoms with Crippen LogP contribution in [0.3, 0.4) is 0 Å². The average Bonchev–Trinajstić information content (AvgIpc) is 2.86. The third-order valence-corrected chi connectivity index (χ3v) is 4.85. The molecule has 0 bridgehead atoms. The number of halogens is 1. The molecule has 1 N–H and O–H groups in total. The van der Waals surface area contributed by atoms with E-state index in [4.69, 9.17) is 0 Å². The lowest BCUT2D eigenvalue weighted by atomic mass is 9.94. The predicted octanol–water partition coefficient (Wildman–Crippen LogP) is 1.03. The van der Waals surface area contributed by atoms with E-state index in [2.05, 4.69) is 5.32 Å². The van der Waals surface area contributed by atoms with E-state index in [0.29, 0.717) is 57.5 Å². The quantitative estimate of drug-likeness (QED) is 0.869. The van der Waals surface area contributed by atoms with Crippen molar-refractivity contribution in [3.05, 3.63) is 35.6 Å². The molecule has 2 aliphatic heterocycles. The number of likely N-dealkylation sites (tertiary alicyclic amines) is 1. The Kier molecular flexibility index (Phi) is 5.31. The van der Waals surface area contributed by atoms with Crippen LogP contribution in [0.15, 0.2) is 24.3 Å². The Labute approximate surface area is 146 Å². The number of benzene rings is 1. The maximum absolute atomic E-state index is 13.0. The summed E-state index contributed by atoms with van der Waals surface area (Å²) in [5, 5.41) is 2.76. The minimum Gasteiger partial charge on any atom is -0.354 e. The summed E-state index contributed by atoms with van der Waals surface area (Å²) in [5.41, 5.74) is 0.461. The van der Waals surface area contributed by atoms with Crippen molar-refractivity contribution in [2.45, 2.75) is 19.3 Å². The fourth-order valence-corrected chi connectivity index (χ4v) is 3.35. The number of amides is 3. The molecule has 2 fully saturated rings. The third-order valence-electron chi connectivity index (χ3n) is 4.85. The van der Waals surface area contributed by atoms with Crippen molar-refractivity contribution in [2.75, 3.05) is 32.7 Å². The lowest BCUT2D eigenvalue weighted by molar-refractivity contribution is -0.136. The summed E-state index contributed by atoms with van der Waals surface area (Å²) in [5.74, 6) is -0.549. The van der Waals surface area contributed by atoms with E-state index in [9.17, 15) is 18.8 Å². The number of nitrogens with zero attached hydrogens (tertiary/aromatic N) is 2. The summed E-state index contributed by atoms with van der Waals surface area (Å²) in [6, 6.07) is 5.52. The van der Waals surface area contributed by atoms with Crippen molar-refractivity contribution in [3.8, 4) is 0 Å². The Hall–Kier alpha value is -2.44. The molecule has 6 nitrogen and oxygen atoms in total. The van der Waals surface area contributed by atoms with Gasteiger partial charge in [0.15, 0.2) is 0 Å². The zero-order valence-electron chi connectivity index (χ0n) is 14.0. The summed E-state index contributed by atoms with van der Waals surface area (Å²) in [4.78, 5) is 39.9. The molecule has 1 aromatic carbocycles. The SMILES string of the molecule is O=C1CCN(C(=O)C2CCN(C(=O)c3ccc(F)cc3)CC2)CCN1. The van der Waals surface area contributed by atoms with E-state index in [-0.39, 0.29) is 29.5 Å². The number of carbonyl (C=O) groups excluding carboxylic acids is 3. The van der Waals surface area contributed by atoms with Crippen LogP contribution in [0, 0.1) is 11.7 Å². The van der Waals surface area contributed by atoms with E-state index in [1.165, 1.54) is 24.3 Å². The highest BCUT2D eigenvalue weighted by atomic mass is 19.1. The van der Waals surface area contributed by atoms with Gasteiger partial charge in [0, 0.05) is 50.6 Å². The van der Waals surface area contributed by atoms with Crippen molar-refractivity contribution >= 4 is 17.7 Å². The van der Waals surface area contributed by atoms with Crippen LogP contribution in [0.2, 0.25) is 0 Å². The lowest BCUT2D eigenvalue weighted by Crippen LogP contribution is -2.45. The molecule has 0 aromatic heterocycles. The molecule has 7 heteroatoms. The number of carbonyl (C=O) groups is 3. The van der Waals surface area contributed by atoms with Crippen LogP contribution in [0.25, 0.3) is 0 Å². The minimum absolute atomic E-state index is 0.0185. The first kappa shape index (κ1) is 17.4. The van der Waals surface area contributed by atoms with Gasteiger partial charge in [0.1, 0.15) is 5.82 Å². The van der Waals surface area contributed by atoms with Crippen LogP contribution in [-0.2, 0) is 9.59 Å². The standard InChI is InChI=1S/C18H22FN3O3/c19-15-3-1-13(2-4-15)17(24)21-9-5-14(6-10-21)18(25)22-11-7-16(23)20-8-12-22/h1-4,14H,5-12H2,(H,20,23). The zero-order valence-corrected chi connectivity index (χ0v) is 14.0. The van der Waals surface area contributed by atoms with Gasteiger partial charge in [0.05, 0.1) is 0 Å². The summed E-state index contributed by atoms with van der Waals surface area (Å²) in [7, 11) is 0. The minimum atomic E-state index is -0.369. The molecule has 0 radical (unpaired) electrons. The van der Waals surface area contributed by atoms with Crippen molar-refractivity contribution in [1.29, 1.82) is 0 Å². The third kappa shape index (κ3) is 4.15. The summed E-state index contributed by atoms with van der Waals surface area (Å²) in [6.45, 7) is 2.51. The fourth-order valence-electron chi connectivity index (χ4n) is 3.35. The van der Waals surface area contributed by atoms with Crippen LogP contribution in [0.5, 0.6) is 0 Å². The first-order valence-corrected chi connectivity index (χ1v) is 8.65. The van der Waals surface area contributed by atoms with E-state index >= 15 is 0 Å². The monoisotopic (exact) mass is 347 g/mol. The predicted molar refractivity (Wildman–Crippen MR) is 89.2 cm³/mol. The van der Waals surface area contributed by atoms with Crippen LogP contribution < -0.4 is 5.32 Å². The van der Waals surface area contributed by atoms with E-state index in [1.807, 2.05) is 0 Å². The number of rotatable bonds is 2. The van der Waals surface area contributed by atoms with Gasteiger partial charge in [-0.2, -0.15) is 0 Å². The lowest BCUT2D eigenvalue weighted by Gasteiger charge is -2.34. The second-order valence-electron chi connectivity index (χ2n) is 6.50. The molecule has 2 aliphatic rings. The molecule has 0 unspecified atom stereocenters. The Morgan fingerprint density at radius 3 is 2.36 bits per heavy atom.